The van der Waals surface area contributed by atoms with Gasteiger partial charge in [-0.05, 0) is 82.5 Å². The minimum absolute atomic E-state index is 1.23. The fourth-order valence-corrected chi connectivity index (χ4v) is 6.38. The van der Waals surface area contributed by atoms with Crippen LogP contribution in [0.15, 0.2) is 158 Å². The van der Waals surface area contributed by atoms with Crippen LogP contribution < -0.4 is 0 Å². The summed E-state index contributed by atoms with van der Waals surface area (Å²) in [5, 5.41) is 10.2. The predicted octanol–water partition coefficient (Wildman–Crippen LogP) is 11.3. The summed E-state index contributed by atoms with van der Waals surface area (Å²) in [6, 6.07) is 57.5. The lowest BCUT2D eigenvalue weighted by Gasteiger charge is -2.16. The van der Waals surface area contributed by atoms with E-state index in [1.165, 1.54) is 76.5 Å². The second kappa shape index (κ2) is 9.22. The van der Waals surface area contributed by atoms with Gasteiger partial charge in [-0.3, -0.25) is 0 Å². The molecular formula is C40H26. The number of fused-ring (bicyclic) bond motifs is 5. The molecule has 0 saturated heterocycles. The zero-order chi connectivity index (χ0) is 26.5. The summed E-state index contributed by atoms with van der Waals surface area (Å²) in [7, 11) is 0. The lowest BCUT2D eigenvalue weighted by atomic mass is 9.87. The average Bonchev–Trinajstić information content (AvgIpc) is 3.03. The third-order valence-corrected chi connectivity index (χ3v) is 8.26. The Morgan fingerprint density at radius 3 is 1.40 bits per heavy atom. The van der Waals surface area contributed by atoms with E-state index < -0.39 is 0 Å². The molecule has 8 aromatic rings. The van der Waals surface area contributed by atoms with Crippen LogP contribution >= 0.6 is 0 Å². The molecule has 0 aromatic heterocycles. The first-order valence-corrected chi connectivity index (χ1v) is 13.9. The van der Waals surface area contributed by atoms with Crippen molar-refractivity contribution in [2.45, 2.75) is 0 Å². The minimum Gasteiger partial charge on any atom is -0.0616 e. The van der Waals surface area contributed by atoms with Crippen LogP contribution in [0.3, 0.4) is 0 Å². The lowest BCUT2D eigenvalue weighted by molar-refractivity contribution is 1.63. The van der Waals surface area contributed by atoms with Crippen molar-refractivity contribution in [3.63, 3.8) is 0 Å². The largest absolute Gasteiger partial charge is 0.0616 e. The predicted molar refractivity (Wildman–Crippen MR) is 173 cm³/mol. The van der Waals surface area contributed by atoms with E-state index in [1.54, 1.807) is 0 Å². The molecule has 0 spiro atoms. The molecule has 0 heteroatoms. The van der Waals surface area contributed by atoms with Gasteiger partial charge in [0.15, 0.2) is 0 Å². The Kier molecular flexibility index (Phi) is 5.24. The molecule has 0 fully saturated rings. The molecule has 0 aliphatic carbocycles. The Bertz CT molecular complexity index is 2190. The first kappa shape index (κ1) is 22.8. The van der Waals surface area contributed by atoms with Crippen molar-refractivity contribution in [3.8, 4) is 33.4 Å². The molecule has 0 amide bonds. The summed E-state index contributed by atoms with van der Waals surface area (Å²) in [4.78, 5) is 0. The first-order chi connectivity index (χ1) is 19.8. The normalized spacial score (nSPS) is 11.5. The number of rotatable bonds is 3. The Morgan fingerprint density at radius 1 is 0.250 bits per heavy atom. The van der Waals surface area contributed by atoms with Crippen molar-refractivity contribution in [1.82, 2.24) is 0 Å². The Morgan fingerprint density at radius 2 is 0.700 bits per heavy atom. The quantitative estimate of drug-likeness (QED) is 0.209. The highest BCUT2D eigenvalue weighted by molar-refractivity contribution is 6.20. The maximum Gasteiger partial charge on any atom is -0.00204 e. The van der Waals surface area contributed by atoms with E-state index in [4.69, 9.17) is 0 Å². The standard InChI is InChI=1S/C40H26/c1-4-15-32-27(10-1)13-7-18-33(32)29-22-24-30(25-23-29)39-26-31-12-3-6-17-35(31)40-37(20-9-21-38(39)40)36-19-8-14-28-11-2-5-16-34(28)36/h1-26H. The molecular weight excluding hydrogens is 480 g/mol. The summed E-state index contributed by atoms with van der Waals surface area (Å²) >= 11 is 0. The zero-order valence-electron chi connectivity index (χ0n) is 22.0. The van der Waals surface area contributed by atoms with Crippen LogP contribution in [-0.2, 0) is 0 Å². The van der Waals surface area contributed by atoms with E-state index in [1.807, 2.05) is 0 Å². The van der Waals surface area contributed by atoms with E-state index >= 15 is 0 Å². The summed E-state index contributed by atoms with van der Waals surface area (Å²) in [6.07, 6.45) is 0. The van der Waals surface area contributed by atoms with Crippen LogP contribution in [0.2, 0.25) is 0 Å². The molecule has 186 valence electrons. The van der Waals surface area contributed by atoms with Gasteiger partial charge in [-0.15, -0.1) is 0 Å². The molecule has 0 saturated carbocycles. The average molecular weight is 507 g/mol. The van der Waals surface area contributed by atoms with E-state index in [0.717, 1.165) is 0 Å². The molecule has 8 rings (SSSR count). The highest BCUT2D eigenvalue weighted by Crippen LogP contribution is 2.42. The van der Waals surface area contributed by atoms with Gasteiger partial charge < -0.3 is 0 Å². The van der Waals surface area contributed by atoms with Gasteiger partial charge in [0.05, 0.1) is 0 Å². The molecule has 40 heavy (non-hydrogen) atoms. The minimum atomic E-state index is 1.23. The molecule has 0 nitrogen and oxygen atoms in total. The maximum atomic E-state index is 2.36. The summed E-state index contributed by atoms with van der Waals surface area (Å²) in [5.74, 6) is 0. The van der Waals surface area contributed by atoms with Crippen molar-refractivity contribution in [1.29, 1.82) is 0 Å². The Labute approximate surface area is 233 Å². The highest BCUT2D eigenvalue weighted by Gasteiger charge is 2.15. The molecule has 0 N–H and O–H groups in total. The molecule has 0 atom stereocenters. The van der Waals surface area contributed by atoms with Crippen LogP contribution in [0.25, 0.3) is 76.5 Å². The number of hydrogen-bond donors (Lipinski definition) is 0. The SMILES string of the molecule is c1ccc2c(-c3ccc(-c4cc5ccccc5c5c(-c6cccc7ccccc67)cccc45)cc3)cccc2c1. The first-order valence-electron chi connectivity index (χ1n) is 13.9. The molecule has 0 heterocycles. The number of hydrogen-bond acceptors (Lipinski definition) is 0. The maximum absolute atomic E-state index is 2.36. The van der Waals surface area contributed by atoms with Crippen molar-refractivity contribution < 1.29 is 0 Å². The van der Waals surface area contributed by atoms with E-state index in [2.05, 4.69) is 158 Å². The lowest BCUT2D eigenvalue weighted by Crippen LogP contribution is -1.89. The van der Waals surface area contributed by atoms with E-state index in [-0.39, 0.29) is 0 Å². The summed E-state index contributed by atoms with van der Waals surface area (Å²) < 4.78 is 0. The van der Waals surface area contributed by atoms with Crippen LogP contribution in [0, 0.1) is 0 Å². The van der Waals surface area contributed by atoms with Crippen LogP contribution in [0.1, 0.15) is 0 Å². The fourth-order valence-electron chi connectivity index (χ4n) is 6.38. The summed E-state index contributed by atoms with van der Waals surface area (Å²) in [5.41, 5.74) is 7.56. The second-order valence-electron chi connectivity index (χ2n) is 10.5. The number of benzene rings is 8. The molecule has 0 aliphatic heterocycles. The third kappa shape index (κ3) is 3.61. The van der Waals surface area contributed by atoms with Crippen molar-refractivity contribution >= 4 is 43.1 Å². The smallest absolute Gasteiger partial charge is 0.00204 e. The van der Waals surface area contributed by atoms with Gasteiger partial charge in [-0.1, -0.05) is 152 Å². The van der Waals surface area contributed by atoms with Crippen LogP contribution in [0.4, 0.5) is 0 Å². The molecule has 0 radical (unpaired) electrons. The monoisotopic (exact) mass is 506 g/mol. The van der Waals surface area contributed by atoms with Gasteiger partial charge >= 0.3 is 0 Å². The van der Waals surface area contributed by atoms with Gasteiger partial charge in [0, 0.05) is 0 Å². The summed E-state index contributed by atoms with van der Waals surface area (Å²) in [6.45, 7) is 0. The van der Waals surface area contributed by atoms with Gasteiger partial charge in [0.25, 0.3) is 0 Å². The van der Waals surface area contributed by atoms with Gasteiger partial charge in [0.2, 0.25) is 0 Å². The fraction of sp³-hybridized carbons (Fsp3) is 0. The molecule has 0 aliphatic rings. The third-order valence-electron chi connectivity index (χ3n) is 8.26. The Balaban J connectivity index is 1.36. The zero-order valence-corrected chi connectivity index (χ0v) is 22.0. The van der Waals surface area contributed by atoms with Crippen molar-refractivity contribution in [2.24, 2.45) is 0 Å². The van der Waals surface area contributed by atoms with Crippen LogP contribution in [-0.4, -0.2) is 0 Å². The topological polar surface area (TPSA) is 0 Å². The van der Waals surface area contributed by atoms with Crippen LogP contribution in [0.5, 0.6) is 0 Å². The van der Waals surface area contributed by atoms with Gasteiger partial charge in [-0.2, -0.15) is 0 Å². The van der Waals surface area contributed by atoms with E-state index in [0.29, 0.717) is 0 Å². The second-order valence-corrected chi connectivity index (χ2v) is 10.5. The van der Waals surface area contributed by atoms with Crippen molar-refractivity contribution in [2.75, 3.05) is 0 Å². The molecule has 8 aromatic carbocycles. The highest BCUT2D eigenvalue weighted by atomic mass is 14.2. The van der Waals surface area contributed by atoms with Gasteiger partial charge in [0.1, 0.15) is 0 Å². The molecule has 0 bridgehead atoms. The van der Waals surface area contributed by atoms with Gasteiger partial charge in [-0.25, -0.2) is 0 Å². The van der Waals surface area contributed by atoms with Crippen molar-refractivity contribution in [3.05, 3.63) is 158 Å². The van der Waals surface area contributed by atoms with E-state index in [9.17, 15) is 0 Å². The molecule has 0 unspecified atom stereocenters. The Hall–Kier alpha value is -5.20.